The van der Waals surface area contributed by atoms with Gasteiger partial charge in [-0.25, -0.2) is 0 Å². The first-order valence-corrected chi connectivity index (χ1v) is 10.8. The highest BCUT2D eigenvalue weighted by Crippen LogP contribution is 2.30. The van der Waals surface area contributed by atoms with Crippen LogP contribution >= 0.6 is 0 Å². The van der Waals surface area contributed by atoms with E-state index in [4.69, 9.17) is 9.68 Å². The molecule has 4 rings (SSSR count). The van der Waals surface area contributed by atoms with E-state index in [1.165, 1.54) is 24.6 Å². The summed E-state index contributed by atoms with van der Waals surface area (Å²) in [5.41, 5.74) is 7.40. The number of carbonyl (C=O) groups excluding carboxylic acids is 2. The number of phenols is 1. The van der Waals surface area contributed by atoms with E-state index in [1.54, 1.807) is 6.26 Å². The zero-order valence-corrected chi connectivity index (χ0v) is 18.0. The number of nitrogens with one attached hydrogen (secondary N) is 2. The zero-order valence-electron chi connectivity index (χ0n) is 18.0. The van der Waals surface area contributed by atoms with Gasteiger partial charge in [0.25, 0.3) is 5.91 Å². The van der Waals surface area contributed by atoms with Gasteiger partial charge >= 0.3 is 5.91 Å². The second kappa shape index (κ2) is 10.0. The number of rotatable bonds is 5. The van der Waals surface area contributed by atoms with Crippen molar-refractivity contribution in [2.75, 3.05) is 13.1 Å². The number of hydrogen-bond donors (Lipinski definition) is 3. The van der Waals surface area contributed by atoms with Gasteiger partial charge in [0.05, 0.1) is 11.8 Å². The number of likely N-dealkylation sites (tertiary alicyclic amines) is 1. The number of phenolic OH excluding ortho intramolecular Hbond substituents is 1. The molecule has 0 spiro atoms. The molecule has 0 radical (unpaired) electrons. The molecular formula is C25H24N4O4. The van der Waals surface area contributed by atoms with Crippen LogP contribution in [0, 0.1) is 11.3 Å². The smallest absolute Gasteiger partial charge is 0.305 e. The fraction of sp³-hybridized carbons (Fsp3) is 0.240. The Bertz CT molecular complexity index is 1190. The molecule has 168 valence electrons. The molecule has 33 heavy (non-hydrogen) atoms. The van der Waals surface area contributed by atoms with Crippen molar-refractivity contribution in [3.05, 3.63) is 77.2 Å². The molecule has 0 atom stereocenters. The minimum Gasteiger partial charge on any atom is -0.507 e. The van der Waals surface area contributed by atoms with E-state index in [1.807, 2.05) is 36.4 Å². The molecule has 0 aliphatic carbocycles. The van der Waals surface area contributed by atoms with E-state index in [0.717, 1.165) is 42.6 Å². The molecule has 8 heteroatoms. The van der Waals surface area contributed by atoms with Gasteiger partial charge in [0.2, 0.25) is 0 Å². The summed E-state index contributed by atoms with van der Waals surface area (Å²) in [6.07, 6.45) is 5.02. The summed E-state index contributed by atoms with van der Waals surface area (Å²) in [5.74, 6) is -1.27. The number of nitrogens with zero attached hydrogens (tertiary/aromatic N) is 2. The predicted octanol–water partition coefficient (Wildman–Crippen LogP) is 3.58. The lowest BCUT2D eigenvalue weighted by Gasteiger charge is -2.26. The number of aromatic hydroxyl groups is 1. The molecule has 1 aliphatic heterocycles. The van der Waals surface area contributed by atoms with Gasteiger partial charge in [-0.1, -0.05) is 36.8 Å². The third-order valence-corrected chi connectivity index (χ3v) is 5.68. The normalized spacial score (nSPS) is 13.8. The van der Waals surface area contributed by atoms with Gasteiger partial charge in [-0.3, -0.25) is 25.3 Å². The number of benzene rings is 2. The van der Waals surface area contributed by atoms with E-state index < -0.39 is 11.8 Å². The van der Waals surface area contributed by atoms with Gasteiger partial charge in [-0.15, -0.1) is 0 Å². The average molecular weight is 444 g/mol. The molecule has 2 amide bonds. The van der Waals surface area contributed by atoms with Crippen LogP contribution in [0.4, 0.5) is 0 Å². The number of nitriles is 1. The third-order valence-electron chi connectivity index (χ3n) is 5.68. The molecule has 2 heterocycles. The minimum atomic E-state index is -0.618. The number of hydrogen-bond acceptors (Lipinski definition) is 6. The third kappa shape index (κ3) is 5.05. The van der Waals surface area contributed by atoms with Crippen LogP contribution in [0.3, 0.4) is 0 Å². The van der Waals surface area contributed by atoms with Crippen molar-refractivity contribution in [2.24, 2.45) is 0 Å². The van der Waals surface area contributed by atoms with Gasteiger partial charge in [-0.05, 0) is 49.7 Å². The lowest BCUT2D eigenvalue weighted by molar-refractivity contribution is 0.0828. The summed E-state index contributed by atoms with van der Waals surface area (Å²) >= 11 is 0. The van der Waals surface area contributed by atoms with Crippen molar-refractivity contribution in [3.8, 4) is 22.9 Å². The largest absolute Gasteiger partial charge is 0.507 e. The number of piperidine rings is 1. The molecule has 1 aromatic heterocycles. The van der Waals surface area contributed by atoms with Gasteiger partial charge < -0.3 is 9.52 Å². The van der Waals surface area contributed by atoms with Crippen LogP contribution in [0.25, 0.3) is 11.1 Å². The maximum absolute atomic E-state index is 12.9. The summed E-state index contributed by atoms with van der Waals surface area (Å²) in [7, 11) is 0. The lowest BCUT2D eigenvalue weighted by Crippen LogP contribution is -2.42. The maximum Gasteiger partial charge on any atom is 0.305 e. The second-order valence-corrected chi connectivity index (χ2v) is 7.91. The highest BCUT2D eigenvalue weighted by molar-refractivity contribution is 5.99. The Kier molecular flexibility index (Phi) is 6.72. The molecular weight excluding hydrogens is 420 g/mol. The van der Waals surface area contributed by atoms with Crippen LogP contribution in [0.15, 0.2) is 59.2 Å². The van der Waals surface area contributed by atoms with Crippen LogP contribution in [0.1, 0.15) is 51.3 Å². The Morgan fingerprint density at radius 1 is 1.03 bits per heavy atom. The zero-order chi connectivity index (χ0) is 23.2. The Balaban J connectivity index is 1.53. The fourth-order valence-corrected chi connectivity index (χ4v) is 3.94. The Morgan fingerprint density at radius 2 is 1.76 bits per heavy atom. The standard InChI is InChI=1S/C25H24N4O4/c26-14-19-13-18(9-10-22(19)30)24(31)27-28-25(32)23-20(15-29-11-5-2-6-12-29)21(16-33-23)17-7-3-1-4-8-17/h1,3-4,7-10,13,16,30H,2,5-6,11-12,15H2,(H,27,31)(H,28,32). The van der Waals surface area contributed by atoms with Crippen molar-refractivity contribution in [2.45, 2.75) is 25.8 Å². The second-order valence-electron chi connectivity index (χ2n) is 7.91. The quantitative estimate of drug-likeness (QED) is 0.518. The Morgan fingerprint density at radius 3 is 2.48 bits per heavy atom. The van der Waals surface area contributed by atoms with Crippen LogP contribution in [-0.4, -0.2) is 34.9 Å². The van der Waals surface area contributed by atoms with Crippen LogP contribution in [-0.2, 0) is 6.54 Å². The van der Waals surface area contributed by atoms with Gasteiger partial charge in [0.15, 0.2) is 5.76 Å². The molecule has 3 aromatic rings. The molecule has 0 unspecified atom stereocenters. The molecule has 1 fully saturated rings. The van der Waals surface area contributed by atoms with Crippen molar-refractivity contribution in [3.63, 3.8) is 0 Å². The summed E-state index contributed by atoms with van der Waals surface area (Å²) in [6, 6.07) is 15.4. The van der Waals surface area contributed by atoms with Crippen molar-refractivity contribution in [1.29, 1.82) is 5.26 Å². The molecule has 1 saturated heterocycles. The molecule has 2 aromatic carbocycles. The SMILES string of the molecule is N#Cc1cc(C(=O)NNC(=O)c2occ(-c3ccccc3)c2CN2CCCCC2)ccc1O. The summed E-state index contributed by atoms with van der Waals surface area (Å²) < 4.78 is 5.68. The average Bonchev–Trinajstić information content (AvgIpc) is 3.27. The van der Waals surface area contributed by atoms with Gasteiger partial charge in [0, 0.05) is 23.2 Å². The maximum atomic E-state index is 12.9. The van der Waals surface area contributed by atoms with E-state index in [-0.39, 0.29) is 22.6 Å². The minimum absolute atomic E-state index is 0.0312. The van der Waals surface area contributed by atoms with Gasteiger partial charge in [0.1, 0.15) is 11.8 Å². The first-order valence-electron chi connectivity index (χ1n) is 10.8. The van der Waals surface area contributed by atoms with Crippen LogP contribution in [0.2, 0.25) is 0 Å². The first kappa shape index (κ1) is 22.1. The monoisotopic (exact) mass is 444 g/mol. The number of carbonyl (C=O) groups is 2. The molecule has 8 nitrogen and oxygen atoms in total. The molecule has 1 aliphatic rings. The van der Waals surface area contributed by atoms with Crippen LogP contribution in [0.5, 0.6) is 5.75 Å². The summed E-state index contributed by atoms with van der Waals surface area (Å²) in [4.78, 5) is 27.7. The van der Waals surface area contributed by atoms with Crippen LogP contribution < -0.4 is 10.9 Å². The summed E-state index contributed by atoms with van der Waals surface area (Å²) in [5, 5.41) is 18.6. The predicted molar refractivity (Wildman–Crippen MR) is 121 cm³/mol. The van der Waals surface area contributed by atoms with E-state index in [0.29, 0.717) is 6.54 Å². The van der Waals surface area contributed by atoms with E-state index in [2.05, 4.69) is 15.8 Å². The highest BCUT2D eigenvalue weighted by Gasteiger charge is 2.24. The number of amides is 2. The fourth-order valence-electron chi connectivity index (χ4n) is 3.94. The van der Waals surface area contributed by atoms with Crippen molar-refractivity contribution >= 4 is 11.8 Å². The topological polar surface area (TPSA) is 119 Å². The van der Waals surface area contributed by atoms with Crippen molar-refractivity contribution < 1.29 is 19.1 Å². The molecule has 3 N–H and O–H groups in total. The number of hydrazine groups is 1. The van der Waals surface area contributed by atoms with Gasteiger partial charge in [-0.2, -0.15) is 5.26 Å². The number of furan rings is 1. The summed E-state index contributed by atoms with van der Waals surface area (Å²) in [6.45, 7) is 2.49. The Hall–Kier alpha value is -4.09. The first-order chi connectivity index (χ1) is 16.1. The van der Waals surface area contributed by atoms with E-state index in [9.17, 15) is 14.7 Å². The lowest BCUT2D eigenvalue weighted by atomic mass is 10.0. The molecule has 0 bridgehead atoms. The molecule has 0 saturated carbocycles. The van der Waals surface area contributed by atoms with E-state index >= 15 is 0 Å². The highest BCUT2D eigenvalue weighted by atomic mass is 16.3. The Labute approximate surface area is 191 Å². The van der Waals surface area contributed by atoms with Crippen molar-refractivity contribution in [1.82, 2.24) is 15.8 Å².